The summed E-state index contributed by atoms with van der Waals surface area (Å²) in [6.45, 7) is 5.22. The van der Waals surface area contributed by atoms with Gasteiger partial charge in [0.25, 0.3) is 0 Å². The summed E-state index contributed by atoms with van der Waals surface area (Å²) in [5.41, 5.74) is 2.48. The van der Waals surface area contributed by atoms with E-state index in [1.807, 2.05) is 7.05 Å². The van der Waals surface area contributed by atoms with Gasteiger partial charge >= 0.3 is 0 Å². The first kappa shape index (κ1) is 16.8. The van der Waals surface area contributed by atoms with Crippen LogP contribution in [0.3, 0.4) is 0 Å². The molecule has 0 radical (unpaired) electrons. The molecule has 2 rings (SSSR count). The standard InChI is InChI=1S/C16H29ClN4/c1-6-18-14(16(20(3)4)9-7-8-10-16)11-13-12(2)19-21(5)15(13)17/h14,18H,6-11H2,1-5H3. The third kappa shape index (κ3) is 3.13. The van der Waals surface area contributed by atoms with Crippen molar-refractivity contribution in [2.24, 2.45) is 7.05 Å². The van der Waals surface area contributed by atoms with Gasteiger partial charge < -0.3 is 10.2 Å². The van der Waals surface area contributed by atoms with Crippen molar-refractivity contribution in [3.8, 4) is 0 Å². The number of nitrogens with one attached hydrogen (secondary N) is 1. The molecule has 1 aromatic heterocycles. The minimum Gasteiger partial charge on any atom is -0.312 e. The summed E-state index contributed by atoms with van der Waals surface area (Å²) >= 11 is 6.45. The predicted octanol–water partition coefficient (Wildman–Crippen LogP) is 2.78. The van der Waals surface area contributed by atoms with E-state index in [9.17, 15) is 0 Å². The predicted molar refractivity (Wildman–Crippen MR) is 89.0 cm³/mol. The molecule has 120 valence electrons. The molecule has 1 fully saturated rings. The molecule has 1 heterocycles. The molecule has 0 amide bonds. The lowest BCUT2D eigenvalue weighted by Crippen LogP contribution is -2.58. The molecule has 0 aliphatic heterocycles. The fourth-order valence-electron chi connectivity index (χ4n) is 3.90. The zero-order valence-corrected chi connectivity index (χ0v) is 14.8. The molecule has 5 heteroatoms. The van der Waals surface area contributed by atoms with Crippen molar-refractivity contribution in [3.05, 3.63) is 16.4 Å². The van der Waals surface area contributed by atoms with Gasteiger partial charge in [-0.05, 0) is 46.8 Å². The van der Waals surface area contributed by atoms with Crippen LogP contribution >= 0.6 is 11.6 Å². The van der Waals surface area contributed by atoms with Crippen LogP contribution < -0.4 is 5.32 Å². The summed E-state index contributed by atoms with van der Waals surface area (Å²) in [4.78, 5) is 2.42. The normalized spacial score (nSPS) is 19.4. The number of hydrogen-bond acceptors (Lipinski definition) is 3. The van der Waals surface area contributed by atoms with Gasteiger partial charge in [-0.25, -0.2) is 0 Å². The van der Waals surface area contributed by atoms with Crippen molar-refractivity contribution in [2.45, 2.75) is 57.5 Å². The van der Waals surface area contributed by atoms with E-state index in [0.29, 0.717) is 6.04 Å². The number of nitrogens with zero attached hydrogens (tertiary/aromatic N) is 3. The zero-order valence-electron chi connectivity index (χ0n) is 14.0. The fraction of sp³-hybridized carbons (Fsp3) is 0.812. The van der Waals surface area contributed by atoms with Gasteiger partial charge in [-0.3, -0.25) is 4.68 Å². The summed E-state index contributed by atoms with van der Waals surface area (Å²) < 4.78 is 1.78. The first-order chi connectivity index (χ1) is 9.92. The Balaban J connectivity index is 2.30. The second kappa shape index (κ2) is 6.67. The van der Waals surface area contributed by atoms with E-state index in [1.165, 1.54) is 31.2 Å². The average molecular weight is 313 g/mol. The summed E-state index contributed by atoms with van der Waals surface area (Å²) in [7, 11) is 6.35. The summed E-state index contributed by atoms with van der Waals surface area (Å²) in [5.74, 6) is 0. The molecule has 0 bridgehead atoms. The molecule has 1 atom stereocenters. The molecule has 1 aliphatic rings. The first-order valence-electron chi connectivity index (χ1n) is 8.01. The van der Waals surface area contributed by atoms with Crippen LogP contribution in [-0.4, -0.2) is 46.9 Å². The van der Waals surface area contributed by atoms with Gasteiger partial charge in [0, 0.05) is 24.2 Å². The van der Waals surface area contributed by atoms with Crippen LogP contribution in [0.5, 0.6) is 0 Å². The molecule has 1 unspecified atom stereocenters. The van der Waals surface area contributed by atoms with Crippen molar-refractivity contribution < 1.29 is 0 Å². The highest BCUT2D eigenvalue weighted by atomic mass is 35.5. The molecule has 21 heavy (non-hydrogen) atoms. The summed E-state index contributed by atoms with van der Waals surface area (Å²) in [6.07, 6.45) is 6.10. The summed E-state index contributed by atoms with van der Waals surface area (Å²) in [5, 5.41) is 8.96. The molecule has 1 saturated carbocycles. The third-order valence-electron chi connectivity index (χ3n) is 5.14. The van der Waals surface area contributed by atoms with Gasteiger partial charge in [-0.15, -0.1) is 0 Å². The van der Waals surface area contributed by atoms with Gasteiger partial charge in [0.15, 0.2) is 0 Å². The van der Waals surface area contributed by atoms with Crippen LogP contribution in [0.25, 0.3) is 0 Å². The Kier molecular flexibility index (Phi) is 5.33. The number of rotatable bonds is 6. The molecule has 4 nitrogen and oxygen atoms in total. The van der Waals surface area contributed by atoms with E-state index in [1.54, 1.807) is 4.68 Å². The lowest BCUT2D eigenvalue weighted by atomic mass is 9.83. The molecule has 0 saturated heterocycles. The quantitative estimate of drug-likeness (QED) is 0.877. The topological polar surface area (TPSA) is 33.1 Å². The molecule has 1 aromatic rings. The molecule has 1 N–H and O–H groups in total. The molecule has 0 spiro atoms. The van der Waals surface area contributed by atoms with E-state index < -0.39 is 0 Å². The number of aryl methyl sites for hydroxylation is 2. The highest BCUT2D eigenvalue weighted by molar-refractivity contribution is 6.30. The lowest BCUT2D eigenvalue weighted by Gasteiger charge is -2.44. The Morgan fingerprint density at radius 1 is 1.38 bits per heavy atom. The lowest BCUT2D eigenvalue weighted by molar-refractivity contribution is 0.105. The van der Waals surface area contributed by atoms with Gasteiger partial charge in [-0.2, -0.15) is 5.10 Å². The molecule has 0 aromatic carbocycles. The number of aromatic nitrogens is 2. The zero-order chi connectivity index (χ0) is 15.6. The van der Waals surface area contributed by atoms with Crippen molar-refractivity contribution in [1.82, 2.24) is 20.0 Å². The number of hydrogen-bond donors (Lipinski definition) is 1. The SMILES string of the molecule is CCNC(Cc1c(C)nn(C)c1Cl)C1(N(C)C)CCCC1. The fourth-order valence-corrected chi connectivity index (χ4v) is 4.15. The maximum Gasteiger partial charge on any atom is 0.130 e. The van der Waals surface area contributed by atoms with Crippen LogP contribution in [0.15, 0.2) is 0 Å². The van der Waals surface area contributed by atoms with Gasteiger partial charge in [-0.1, -0.05) is 31.4 Å². The second-order valence-corrected chi connectivity index (χ2v) is 6.86. The maximum atomic E-state index is 6.45. The van der Waals surface area contributed by atoms with Crippen molar-refractivity contribution in [2.75, 3.05) is 20.6 Å². The highest BCUT2D eigenvalue weighted by Crippen LogP contribution is 2.38. The summed E-state index contributed by atoms with van der Waals surface area (Å²) in [6, 6.07) is 0.417. The molecular formula is C16H29ClN4. The highest BCUT2D eigenvalue weighted by Gasteiger charge is 2.43. The van der Waals surface area contributed by atoms with Crippen molar-refractivity contribution in [3.63, 3.8) is 0 Å². The Bertz CT molecular complexity index is 475. The van der Waals surface area contributed by atoms with E-state index in [4.69, 9.17) is 11.6 Å². The smallest absolute Gasteiger partial charge is 0.130 e. The van der Waals surface area contributed by atoms with Crippen molar-refractivity contribution >= 4 is 11.6 Å². The third-order valence-corrected chi connectivity index (χ3v) is 5.61. The van der Waals surface area contributed by atoms with Crippen LogP contribution in [0, 0.1) is 6.92 Å². The first-order valence-corrected chi connectivity index (χ1v) is 8.39. The number of likely N-dealkylation sites (N-methyl/N-ethyl adjacent to an activating group) is 2. The van der Waals surface area contributed by atoms with Crippen LogP contribution in [0.4, 0.5) is 0 Å². The Morgan fingerprint density at radius 2 is 2.00 bits per heavy atom. The Morgan fingerprint density at radius 3 is 2.43 bits per heavy atom. The monoisotopic (exact) mass is 312 g/mol. The second-order valence-electron chi connectivity index (χ2n) is 6.50. The number of halogens is 1. The van der Waals surface area contributed by atoms with Crippen LogP contribution in [0.2, 0.25) is 5.15 Å². The largest absolute Gasteiger partial charge is 0.312 e. The van der Waals surface area contributed by atoms with Gasteiger partial charge in [0.2, 0.25) is 0 Å². The van der Waals surface area contributed by atoms with Crippen molar-refractivity contribution in [1.29, 1.82) is 0 Å². The van der Waals surface area contributed by atoms with Gasteiger partial charge in [0.05, 0.1) is 5.69 Å². The van der Waals surface area contributed by atoms with E-state index >= 15 is 0 Å². The average Bonchev–Trinajstić information content (AvgIpc) is 3.00. The van der Waals surface area contributed by atoms with Crippen LogP contribution in [-0.2, 0) is 13.5 Å². The van der Waals surface area contributed by atoms with E-state index in [-0.39, 0.29) is 5.54 Å². The van der Waals surface area contributed by atoms with E-state index in [0.717, 1.165) is 23.8 Å². The van der Waals surface area contributed by atoms with Crippen LogP contribution in [0.1, 0.15) is 43.9 Å². The minimum absolute atomic E-state index is 0.238. The molecule has 1 aliphatic carbocycles. The Hall–Kier alpha value is -0.580. The molecular weight excluding hydrogens is 284 g/mol. The Labute approximate surface area is 133 Å². The van der Waals surface area contributed by atoms with Gasteiger partial charge in [0.1, 0.15) is 5.15 Å². The van der Waals surface area contributed by atoms with E-state index in [2.05, 4.69) is 43.3 Å². The minimum atomic E-state index is 0.238. The maximum absolute atomic E-state index is 6.45.